The quantitative estimate of drug-likeness (QED) is 0.590. The molecule has 1 saturated carbocycles. The highest BCUT2D eigenvalue weighted by Crippen LogP contribution is 2.44. The highest BCUT2D eigenvalue weighted by Gasteiger charge is 2.33. The van der Waals surface area contributed by atoms with Crippen LogP contribution in [0.3, 0.4) is 0 Å². The molecular formula is C20H16F3N3O3S. The summed E-state index contributed by atoms with van der Waals surface area (Å²) < 4.78 is 44.7. The lowest BCUT2D eigenvalue weighted by Gasteiger charge is -2.29. The fourth-order valence-electron chi connectivity index (χ4n) is 3.29. The van der Waals surface area contributed by atoms with E-state index in [0.29, 0.717) is 17.0 Å². The molecule has 30 heavy (non-hydrogen) atoms. The molecule has 2 aromatic heterocycles. The molecule has 1 fully saturated rings. The zero-order chi connectivity index (χ0) is 21.5. The van der Waals surface area contributed by atoms with Crippen LogP contribution in [0.5, 0.6) is 5.75 Å². The number of hydrogen-bond acceptors (Lipinski definition) is 6. The van der Waals surface area contributed by atoms with E-state index >= 15 is 0 Å². The van der Waals surface area contributed by atoms with Crippen molar-refractivity contribution in [2.75, 3.05) is 12.4 Å². The smallest absolute Gasteiger partial charge is 0.433 e. The summed E-state index contributed by atoms with van der Waals surface area (Å²) in [7, 11) is 1.42. The third kappa shape index (κ3) is 3.87. The molecule has 3 aromatic rings. The number of carbonyl (C=O) groups excluding carboxylic acids is 2. The molecule has 1 aromatic carbocycles. The summed E-state index contributed by atoms with van der Waals surface area (Å²) in [5.41, 5.74) is -0.495. The van der Waals surface area contributed by atoms with E-state index in [9.17, 15) is 22.8 Å². The van der Waals surface area contributed by atoms with Crippen molar-refractivity contribution in [2.45, 2.75) is 24.9 Å². The number of halogens is 3. The number of nitrogens with zero attached hydrogens (tertiary/aromatic N) is 2. The number of amides is 1. The molecule has 10 heteroatoms. The molecule has 6 nitrogen and oxygen atoms in total. The normalized spacial score (nSPS) is 18.7. The minimum atomic E-state index is -4.64. The van der Waals surface area contributed by atoms with Gasteiger partial charge in [-0.3, -0.25) is 4.79 Å². The van der Waals surface area contributed by atoms with E-state index in [2.05, 4.69) is 15.3 Å². The first kappa shape index (κ1) is 20.3. The molecule has 0 spiro atoms. The third-order valence-electron chi connectivity index (χ3n) is 4.96. The van der Waals surface area contributed by atoms with Gasteiger partial charge in [-0.25, -0.2) is 9.97 Å². The van der Waals surface area contributed by atoms with Crippen molar-refractivity contribution in [3.05, 3.63) is 46.7 Å². The van der Waals surface area contributed by atoms with Crippen molar-refractivity contribution < 1.29 is 27.5 Å². The van der Waals surface area contributed by atoms with E-state index in [0.717, 1.165) is 41.0 Å². The van der Waals surface area contributed by atoms with Crippen molar-refractivity contribution in [3.8, 4) is 5.75 Å². The average molecular weight is 435 g/mol. The Bertz CT molecular complexity index is 1120. The first-order valence-electron chi connectivity index (χ1n) is 9.08. The number of alkyl halides is 3. The average Bonchev–Trinajstić information content (AvgIpc) is 3.08. The Morgan fingerprint density at radius 3 is 2.70 bits per heavy atom. The molecule has 156 valence electrons. The van der Waals surface area contributed by atoms with Crippen molar-refractivity contribution in [2.24, 2.45) is 5.92 Å². The minimum absolute atomic E-state index is 0.0753. The number of carbonyl (C=O) groups is 2. The molecule has 0 atom stereocenters. The molecule has 0 aliphatic heterocycles. The van der Waals surface area contributed by atoms with Gasteiger partial charge in [-0.05, 0) is 31.0 Å². The number of pyridine rings is 1. The van der Waals surface area contributed by atoms with Gasteiger partial charge in [0.25, 0.3) is 5.91 Å². The summed E-state index contributed by atoms with van der Waals surface area (Å²) in [5, 5.41) is 3.48. The van der Waals surface area contributed by atoms with Crippen molar-refractivity contribution in [3.63, 3.8) is 0 Å². The van der Waals surface area contributed by atoms with Gasteiger partial charge in [0.15, 0.2) is 0 Å². The van der Waals surface area contributed by atoms with E-state index in [-0.39, 0.29) is 17.5 Å². The summed E-state index contributed by atoms with van der Waals surface area (Å²) in [5.74, 6) is -0.141. The van der Waals surface area contributed by atoms with Gasteiger partial charge >= 0.3 is 6.18 Å². The summed E-state index contributed by atoms with van der Waals surface area (Å²) >= 11 is 1.46. The Balaban J connectivity index is 1.60. The van der Waals surface area contributed by atoms with Crippen LogP contribution in [0.2, 0.25) is 0 Å². The summed E-state index contributed by atoms with van der Waals surface area (Å²) in [6, 6.07) is 6.49. The Morgan fingerprint density at radius 2 is 2.03 bits per heavy atom. The van der Waals surface area contributed by atoms with Crippen LogP contribution in [-0.2, 0) is 11.0 Å². The molecule has 1 N–H and O–H groups in total. The second-order valence-corrected chi connectivity index (χ2v) is 8.06. The zero-order valence-electron chi connectivity index (χ0n) is 15.7. The molecule has 0 radical (unpaired) electrons. The zero-order valence-corrected chi connectivity index (χ0v) is 16.5. The maximum atomic E-state index is 12.9. The second-order valence-electron chi connectivity index (χ2n) is 7.00. The highest BCUT2D eigenvalue weighted by atomic mass is 32.1. The summed E-state index contributed by atoms with van der Waals surface area (Å²) in [6.07, 6.45) is -2.14. The third-order valence-corrected chi connectivity index (χ3v) is 6.14. The minimum Gasteiger partial charge on any atom is -0.494 e. The van der Waals surface area contributed by atoms with Crippen molar-refractivity contribution in [1.82, 2.24) is 9.97 Å². The topological polar surface area (TPSA) is 81.2 Å². The summed E-state index contributed by atoms with van der Waals surface area (Å²) in [6.45, 7) is 0. The van der Waals surface area contributed by atoms with Crippen LogP contribution in [0.25, 0.3) is 10.2 Å². The van der Waals surface area contributed by atoms with Crippen LogP contribution in [0, 0.1) is 5.92 Å². The van der Waals surface area contributed by atoms with E-state index in [4.69, 9.17) is 4.74 Å². The number of aldehydes is 1. The van der Waals surface area contributed by atoms with Crippen LogP contribution in [-0.4, -0.2) is 29.3 Å². The lowest BCUT2D eigenvalue weighted by molar-refractivity contribution is -0.141. The van der Waals surface area contributed by atoms with Gasteiger partial charge < -0.3 is 14.8 Å². The number of aromatic nitrogens is 2. The molecule has 0 bridgehead atoms. The Morgan fingerprint density at radius 1 is 1.27 bits per heavy atom. The van der Waals surface area contributed by atoms with Gasteiger partial charge in [0.1, 0.15) is 23.4 Å². The van der Waals surface area contributed by atoms with Gasteiger partial charge in [-0.1, -0.05) is 6.07 Å². The Hall–Kier alpha value is -3.01. The molecule has 4 rings (SSSR count). The second kappa shape index (κ2) is 7.67. The predicted octanol–water partition coefficient (Wildman–Crippen LogP) is 4.66. The molecule has 1 aliphatic rings. The standard InChI is InChI=1S/C20H16F3N3O3S/c1-29-15-7-14-16(30-19(26-14)11-5-10(6-11)9-27)8-13(15)25-18(28)12-3-2-4-17(24-12)20(21,22)23/h2-4,7-11H,5-6H2,1H3,(H,25,28)/t10-,11-. The number of ether oxygens (including phenoxy) is 1. The molecule has 2 heterocycles. The number of fused-ring (bicyclic) bond motifs is 1. The predicted molar refractivity (Wildman–Crippen MR) is 105 cm³/mol. The van der Waals surface area contributed by atoms with Crippen molar-refractivity contribution >= 4 is 39.4 Å². The fourth-order valence-corrected chi connectivity index (χ4v) is 4.41. The van der Waals surface area contributed by atoms with E-state index in [1.54, 1.807) is 12.1 Å². The number of anilines is 1. The first-order chi connectivity index (χ1) is 14.3. The number of thiazole rings is 1. The maximum Gasteiger partial charge on any atom is 0.433 e. The Kier molecular flexibility index (Phi) is 5.19. The SMILES string of the molecule is COc1cc2nc([C@H]3C[C@H](C=O)C3)sc2cc1NC(=O)c1cccc(C(F)(F)F)n1. The van der Waals surface area contributed by atoms with Gasteiger partial charge in [0.05, 0.1) is 28.0 Å². The van der Waals surface area contributed by atoms with Crippen molar-refractivity contribution in [1.29, 1.82) is 0 Å². The number of rotatable bonds is 5. The van der Waals surface area contributed by atoms with Gasteiger partial charge in [-0.2, -0.15) is 13.2 Å². The Labute approximate surface area is 173 Å². The fraction of sp³-hybridized carbons (Fsp3) is 0.300. The lowest BCUT2D eigenvalue weighted by atomic mass is 9.76. The first-order valence-corrected chi connectivity index (χ1v) is 9.89. The largest absolute Gasteiger partial charge is 0.494 e. The van der Waals surface area contributed by atoms with Gasteiger partial charge in [0, 0.05) is 17.9 Å². The van der Waals surface area contributed by atoms with E-state index < -0.39 is 17.8 Å². The van der Waals surface area contributed by atoms with E-state index in [1.165, 1.54) is 24.5 Å². The van der Waals surface area contributed by atoms with Crippen LogP contribution < -0.4 is 10.1 Å². The van der Waals surface area contributed by atoms with E-state index in [1.807, 2.05) is 0 Å². The molecule has 1 aliphatic carbocycles. The molecule has 0 unspecified atom stereocenters. The van der Waals surface area contributed by atoms with Crippen LogP contribution in [0.15, 0.2) is 30.3 Å². The van der Waals surface area contributed by atoms with Crippen LogP contribution in [0.1, 0.15) is 39.9 Å². The monoisotopic (exact) mass is 435 g/mol. The maximum absolute atomic E-state index is 12.9. The number of benzene rings is 1. The lowest BCUT2D eigenvalue weighted by Crippen LogP contribution is -2.22. The highest BCUT2D eigenvalue weighted by molar-refractivity contribution is 7.18. The van der Waals surface area contributed by atoms with Gasteiger partial charge in [-0.15, -0.1) is 11.3 Å². The number of methoxy groups -OCH3 is 1. The van der Waals surface area contributed by atoms with Gasteiger partial charge in [0.2, 0.25) is 0 Å². The van der Waals surface area contributed by atoms with Crippen LogP contribution >= 0.6 is 11.3 Å². The summed E-state index contributed by atoms with van der Waals surface area (Å²) in [4.78, 5) is 31.3. The van der Waals surface area contributed by atoms with Crippen LogP contribution in [0.4, 0.5) is 18.9 Å². The molecule has 1 amide bonds. The number of nitrogens with one attached hydrogen (secondary N) is 1. The molecule has 0 saturated heterocycles. The number of hydrogen-bond donors (Lipinski definition) is 1. The molecular weight excluding hydrogens is 419 g/mol.